The number of nitrogens with two attached hydrogens (primary N) is 1. The third kappa shape index (κ3) is 2.05. The molecule has 0 saturated carbocycles. The Morgan fingerprint density at radius 3 is 2.86 bits per heavy atom. The number of hydrogen-bond acceptors (Lipinski definition) is 3. The molecule has 0 unspecified atom stereocenters. The van der Waals surface area contributed by atoms with Crippen LogP contribution in [-0.4, -0.2) is 29.6 Å². The summed E-state index contributed by atoms with van der Waals surface area (Å²) in [5.74, 6) is 1.02. The quantitative estimate of drug-likeness (QED) is 0.744. The van der Waals surface area contributed by atoms with Crippen LogP contribution >= 0.6 is 0 Å². The zero-order chi connectivity index (χ0) is 9.97. The Bertz CT molecular complexity index is 308. The molecule has 76 valence electrons. The fraction of sp³-hybridized carbons (Fsp3) is 0.455. The molecule has 0 atom stereocenters. The topological polar surface area (TPSA) is 49.5 Å². The number of benzene rings is 1. The summed E-state index contributed by atoms with van der Waals surface area (Å²) in [6.45, 7) is 3.89. The van der Waals surface area contributed by atoms with Crippen molar-refractivity contribution in [3.05, 3.63) is 29.8 Å². The lowest BCUT2D eigenvalue weighted by Gasteiger charge is -2.38. The smallest absolute Gasteiger partial charge is 0.115 e. The van der Waals surface area contributed by atoms with Crippen molar-refractivity contribution < 1.29 is 5.11 Å². The van der Waals surface area contributed by atoms with E-state index in [1.807, 2.05) is 18.2 Å². The molecule has 3 heteroatoms. The van der Waals surface area contributed by atoms with Crippen LogP contribution < -0.4 is 5.73 Å². The molecule has 0 aromatic heterocycles. The number of aromatic hydroxyl groups is 1. The minimum Gasteiger partial charge on any atom is -0.508 e. The van der Waals surface area contributed by atoms with E-state index < -0.39 is 0 Å². The lowest BCUT2D eigenvalue weighted by atomic mass is 10.00. The van der Waals surface area contributed by atoms with Gasteiger partial charge in [-0.05, 0) is 30.2 Å². The standard InChI is InChI=1S/C11H16N2O/c12-5-10-7-13(8-10)6-9-2-1-3-11(14)4-9/h1-4,10,14H,5-8,12H2. The fourth-order valence-electron chi connectivity index (χ4n) is 1.87. The molecule has 0 bridgehead atoms. The largest absolute Gasteiger partial charge is 0.508 e. The summed E-state index contributed by atoms with van der Waals surface area (Å²) >= 11 is 0. The Balaban J connectivity index is 1.87. The van der Waals surface area contributed by atoms with Gasteiger partial charge in [0.2, 0.25) is 0 Å². The van der Waals surface area contributed by atoms with Crippen LogP contribution in [0.2, 0.25) is 0 Å². The van der Waals surface area contributed by atoms with E-state index in [2.05, 4.69) is 4.90 Å². The van der Waals surface area contributed by atoms with E-state index in [4.69, 9.17) is 5.73 Å². The van der Waals surface area contributed by atoms with E-state index in [9.17, 15) is 5.11 Å². The highest BCUT2D eigenvalue weighted by molar-refractivity contribution is 5.27. The van der Waals surface area contributed by atoms with Crippen LogP contribution in [0.4, 0.5) is 0 Å². The molecule has 1 aromatic rings. The van der Waals surface area contributed by atoms with Gasteiger partial charge in [0.25, 0.3) is 0 Å². The van der Waals surface area contributed by atoms with E-state index in [-0.39, 0.29) is 0 Å². The first-order chi connectivity index (χ1) is 6.78. The molecule has 1 aliphatic rings. The van der Waals surface area contributed by atoms with Gasteiger partial charge in [-0.25, -0.2) is 0 Å². The van der Waals surface area contributed by atoms with Crippen LogP contribution in [0.5, 0.6) is 5.75 Å². The molecular weight excluding hydrogens is 176 g/mol. The second-order valence-electron chi connectivity index (χ2n) is 3.97. The normalized spacial score (nSPS) is 18.1. The third-order valence-corrected chi connectivity index (χ3v) is 2.68. The number of likely N-dealkylation sites (tertiary alicyclic amines) is 1. The highest BCUT2D eigenvalue weighted by Gasteiger charge is 2.24. The van der Waals surface area contributed by atoms with Crippen molar-refractivity contribution in [1.29, 1.82) is 0 Å². The van der Waals surface area contributed by atoms with Gasteiger partial charge in [0, 0.05) is 19.6 Å². The first-order valence-corrected chi connectivity index (χ1v) is 4.98. The molecule has 0 radical (unpaired) electrons. The second kappa shape index (κ2) is 3.98. The van der Waals surface area contributed by atoms with Crippen LogP contribution in [0.25, 0.3) is 0 Å². The highest BCUT2D eigenvalue weighted by Crippen LogP contribution is 2.19. The van der Waals surface area contributed by atoms with Gasteiger partial charge in [0.15, 0.2) is 0 Å². The molecule has 1 saturated heterocycles. The monoisotopic (exact) mass is 192 g/mol. The van der Waals surface area contributed by atoms with Gasteiger partial charge in [-0.2, -0.15) is 0 Å². The lowest BCUT2D eigenvalue weighted by molar-refractivity contribution is 0.0979. The van der Waals surface area contributed by atoms with E-state index >= 15 is 0 Å². The van der Waals surface area contributed by atoms with Crippen molar-refractivity contribution in [3.8, 4) is 5.75 Å². The first-order valence-electron chi connectivity index (χ1n) is 4.98. The first kappa shape index (κ1) is 9.49. The molecule has 1 heterocycles. The highest BCUT2D eigenvalue weighted by atomic mass is 16.3. The summed E-state index contributed by atoms with van der Waals surface area (Å²) in [6.07, 6.45) is 0. The maximum absolute atomic E-state index is 9.28. The molecule has 1 aliphatic heterocycles. The van der Waals surface area contributed by atoms with Crippen molar-refractivity contribution in [2.45, 2.75) is 6.54 Å². The van der Waals surface area contributed by atoms with E-state index in [1.54, 1.807) is 6.07 Å². The summed E-state index contributed by atoms with van der Waals surface area (Å²) in [5.41, 5.74) is 6.71. The van der Waals surface area contributed by atoms with Gasteiger partial charge >= 0.3 is 0 Å². The van der Waals surface area contributed by atoms with E-state index in [0.717, 1.165) is 26.2 Å². The molecule has 0 aliphatic carbocycles. The Morgan fingerprint density at radius 1 is 1.43 bits per heavy atom. The Labute approximate surface area is 84.1 Å². The molecule has 0 spiro atoms. The predicted octanol–water partition coefficient (Wildman–Crippen LogP) is 0.783. The van der Waals surface area contributed by atoms with Crippen LogP contribution in [0.1, 0.15) is 5.56 Å². The van der Waals surface area contributed by atoms with Gasteiger partial charge < -0.3 is 10.8 Å². The average molecular weight is 192 g/mol. The molecular formula is C11H16N2O. The Morgan fingerprint density at radius 2 is 2.21 bits per heavy atom. The van der Waals surface area contributed by atoms with Crippen LogP contribution in [0.3, 0.4) is 0 Å². The number of phenols is 1. The molecule has 2 rings (SSSR count). The minimum atomic E-state index is 0.346. The summed E-state index contributed by atoms with van der Waals surface area (Å²) in [5, 5.41) is 9.28. The van der Waals surface area contributed by atoms with E-state index in [1.165, 1.54) is 5.56 Å². The fourth-order valence-corrected chi connectivity index (χ4v) is 1.87. The Hall–Kier alpha value is -1.06. The summed E-state index contributed by atoms with van der Waals surface area (Å²) < 4.78 is 0. The Kier molecular flexibility index (Phi) is 2.70. The van der Waals surface area contributed by atoms with Crippen LogP contribution in [0.15, 0.2) is 24.3 Å². The number of nitrogens with zero attached hydrogens (tertiary/aromatic N) is 1. The number of hydrogen-bond donors (Lipinski definition) is 2. The SMILES string of the molecule is NCC1CN(Cc2cccc(O)c2)C1. The van der Waals surface area contributed by atoms with Gasteiger partial charge in [0.05, 0.1) is 0 Å². The maximum Gasteiger partial charge on any atom is 0.115 e. The van der Waals surface area contributed by atoms with Crippen LogP contribution in [-0.2, 0) is 6.54 Å². The molecule has 3 N–H and O–H groups in total. The second-order valence-corrected chi connectivity index (χ2v) is 3.97. The summed E-state index contributed by atoms with van der Waals surface area (Å²) in [4.78, 5) is 2.34. The van der Waals surface area contributed by atoms with Crippen molar-refractivity contribution >= 4 is 0 Å². The minimum absolute atomic E-state index is 0.346. The number of phenolic OH excluding ortho intramolecular Hbond substituents is 1. The summed E-state index contributed by atoms with van der Waals surface area (Å²) in [7, 11) is 0. The zero-order valence-corrected chi connectivity index (χ0v) is 8.19. The maximum atomic E-state index is 9.28. The number of rotatable bonds is 3. The van der Waals surface area contributed by atoms with Crippen molar-refractivity contribution in [2.75, 3.05) is 19.6 Å². The van der Waals surface area contributed by atoms with Gasteiger partial charge in [0.1, 0.15) is 5.75 Å². The molecule has 0 amide bonds. The van der Waals surface area contributed by atoms with Gasteiger partial charge in [-0.3, -0.25) is 4.90 Å². The predicted molar refractivity (Wildman–Crippen MR) is 55.9 cm³/mol. The van der Waals surface area contributed by atoms with E-state index in [0.29, 0.717) is 11.7 Å². The van der Waals surface area contributed by atoms with Crippen molar-refractivity contribution in [3.63, 3.8) is 0 Å². The molecule has 14 heavy (non-hydrogen) atoms. The van der Waals surface area contributed by atoms with Crippen molar-refractivity contribution in [2.24, 2.45) is 11.7 Å². The van der Waals surface area contributed by atoms with Crippen LogP contribution in [0, 0.1) is 5.92 Å². The zero-order valence-electron chi connectivity index (χ0n) is 8.19. The molecule has 1 fully saturated rings. The molecule has 3 nitrogen and oxygen atoms in total. The van der Waals surface area contributed by atoms with Gasteiger partial charge in [-0.1, -0.05) is 12.1 Å². The van der Waals surface area contributed by atoms with Gasteiger partial charge in [-0.15, -0.1) is 0 Å². The third-order valence-electron chi connectivity index (χ3n) is 2.68. The molecule has 1 aromatic carbocycles. The van der Waals surface area contributed by atoms with Crippen molar-refractivity contribution in [1.82, 2.24) is 4.90 Å². The average Bonchev–Trinajstić information content (AvgIpc) is 2.10. The lowest BCUT2D eigenvalue weighted by Crippen LogP contribution is -2.49. The summed E-state index contributed by atoms with van der Waals surface area (Å²) in [6, 6.07) is 7.43.